The summed E-state index contributed by atoms with van der Waals surface area (Å²) in [5.41, 5.74) is 6.11. The van der Waals surface area contributed by atoms with Gasteiger partial charge in [0.25, 0.3) is 0 Å². The molecule has 3 N–H and O–H groups in total. The largest absolute Gasteiger partial charge is 0.365 e. The van der Waals surface area contributed by atoms with Gasteiger partial charge in [0.2, 0.25) is 0 Å². The van der Waals surface area contributed by atoms with Crippen molar-refractivity contribution in [3.8, 4) is 0 Å². The molecule has 0 amide bonds. The van der Waals surface area contributed by atoms with E-state index in [0.29, 0.717) is 18.4 Å². The molecule has 0 aromatic heterocycles. The molecule has 2 saturated heterocycles. The van der Waals surface area contributed by atoms with Crippen LogP contribution in [0.2, 0.25) is 0 Å². The maximum atomic E-state index is 11.2. The van der Waals surface area contributed by atoms with Crippen molar-refractivity contribution in [1.82, 2.24) is 0 Å². The Morgan fingerprint density at radius 3 is 2.47 bits per heavy atom. The molecule has 3 heteroatoms. The van der Waals surface area contributed by atoms with Crippen LogP contribution in [0.3, 0.4) is 0 Å². The summed E-state index contributed by atoms with van der Waals surface area (Å²) in [6, 6.07) is 0. The summed E-state index contributed by atoms with van der Waals surface area (Å²) >= 11 is 0. The first-order valence-electron chi connectivity index (χ1n) is 7.11. The second-order valence-corrected chi connectivity index (χ2v) is 7.96. The highest BCUT2D eigenvalue weighted by atomic mass is 16.7. The van der Waals surface area contributed by atoms with Gasteiger partial charge in [-0.2, -0.15) is 0 Å². The maximum absolute atomic E-state index is 11.2. The molecular formula is C14H19NO2. The van der Waals surface area contributed by atoms with Crippen LogP contribution in [0, 0.1) is 46.3 Å². The smallest absolute Gasteiger partial charge is 0.176 e. The first-order chi connectivity index (χ1) is 7.99. The topological polar surface area (TPSA) is 55.5 Å². The second-order valence-electron chi connectivity index (χ2n) is 7.96. The molecule has 0 spiro atoms. The molecule has 2 heterocycles. The first kappa shape index (κ1) is 8.89. The summed E-state index contributed by atoms with van der Waals surface area (Å²) in [6.07, 6.45) is 1.35. The number of rotatable bonds is 1. The Hall–Kier alpha value is -0.120. The fourth-order valence-electron chi connectivity index (χ4n) is 8.79. The second kappa shape index (κ2) is 1.75. The Morgan fingerprint density at radius 2 is 1.76 bits per heavy atom. The Balaban J connectivity index is 1.81. The number of nitrogens with two attached hydrogens (primary N) is 1. The third-order valence-electron chi connectivity index (χ3n) is 8.83. The van der Waals surface area contributed by atoms with Crippen molar-refractivity contribution in [2.75, 3.05) is 6.54 Å². The van der Waals surface area contributed by atoms with Crippen LogP contribution < -0.4 is 5.73 Å². The molecule has 7 fully saturated rings. The quantitative estimate of drug-likeness (QED) is 0.696. The Labute approximate surface area is 101 Å². The normalized spacial score (nSPS) is 87.5. The van der Waals surface area contributed by atoms with Crippen molar-refractivity contribution in [3.63, 3.8) is 0 Å². The van der Waals surface area contributed by atoms with E-state index in [-0.39, 0.29) is 16.4 Å². The van der Waals surface area contributed by atoms with E-state index in [4.69, 9.17) is 10.5 Å². The van der Waals surface area contributed by atoms with Gasteiger partial charge in [0.15, 0.2) is 5.79 Å². The minimum absolute atomic E-state index is 0.00111. The van der Waals surface area contributed by atoms with Gasteiger partial charge in [-0.1, -0.05) is 13.8 Å². The molecule has 7 rings (SSSR count). The van der Waals surface area contributed by atoms with E-state index in [0.717, 1.165) is 23.7 Å². The van der Waals surface area contributed by atoms with Gasteiger partial charge in [-0.25, -0.2) is 0 Å². The average Bonchev–Trinajstić information content (AvgIpc) is 2.97. The predicted molar refractivity (Wildman–Crippen MR) is 59.6 cm³/mol. The van der Waals surface area contributed by atoms with Gasteiger partial charge < -0.3 is 15.6 Å². The van der Waals surface area contributed by atoms with E-state index in [1.54, 1.807) is 0 Å². The standard InChI is InChI=1S/C14H19NO2/c1-11-7-5-3-6-8(7)12(11,2)14(16)10(6)9(5)13(11,4-15)17-14/h5-10,16H,3-4,15H2,1-2H3. The predicted octanol–water partition coefficient (Wildman–Crippen LogP) is 0.571. The highest BCUT2D eigenvalue weighted by Gasteiger charge is 3.05. The zero-order chi connectivity index (χ0) is 11.6. The van der Waals surface area contributed by atoms with Gasteiger partial charge in [-0.3, -0.25) is 0 Å². The van der Waals surface area contributed by atoms with Gasteiger partial charge in [-0.05, 0) is 30.1 Å². The lowest BCUT2D eigenvalue weighted by Gasteiger charge is -2.63. The molecule has 2 aliphatic heterocycles. The monoisotopic (exact) mass is 233 g/mol. The Bertz CT molecular complexity index is 508. The van der Waals surface area contributed by atoms with E-state index in [1.165, 1.54) is 6.42 Å². The SMILES string of the molecule is CC12C3C4CC5C6C4C1(O)OC6(CN)C2(C)C53. The molecule has 92 valence electrons. The summed E-state index contributed by atoms with van der Waals surface area (Å²) in [6.45, 7) is 5.27. The summed E-state index contributed by atoms with van der Waals surface area (Å²) in [5.74, 6) is 3.26. The van der Waals surface area contributed by atoms with Crippen LogP contribution >= 0.6 is 0 Å². The summed E-state index contributed by atoms with van der Waals surface area (Å²) in [7, 11) is 0. The van der Waals surface area contributed by atoms with Crippen molar-refractivity contribution >= 4 is 0 Å². The van der Waals surface area contributed by atoms with Crippen LogP contribution in [-0.2, 0) is 4.74 Å². The van der Waals surface area contributed by atoms with Crippen LogP contribution in [-0.4, -0.2) is 23.0 Å². The highest BCUT2D eigenvalue weighted by Crippen LogP contribution is 3.00. The lowest BCUT2D eigenvalue weighted by Crippen LogP contribution is -2.68. The lowest BCUT2D eigenvalue weighted by molar-refractivity contribution is -0.255. The molecule has 0 aromatic rings. The van der Waals surface area contributed by atoms with Crippen molar-refractivity contribution in [2.24, 2.45) is 52.1 Å². The molecule has 5 saturated carbocycles. The summed E-state index contributed by atoms with van der Waals surface area (Å²) < 4.78 is 6.33. The molecule has 5 aliphatic carbocycles. The minimum Gasteiger partial charge on any atom is -0.365 e. The zero-order valence-electron chi connectivity index (χ0n) is 10.3. The number of hydrogen-bond acceptors (Lipinski definition) is 3. The number of hydrogen-bond donors (Lipinski definition) is 2. The van der Waals surface area contributed by atoms with E-state index >= 15 is 0 Å². The van der Waals surface area contributed by atoms with E-state index < -0.39 is 5.79 Å². The van der Waals surface area contributed by atoms with E-state index in [9.17, 15) is 5.11 Å². The number of ether oxygens (including phenoxy) is 1. The Morgan fingerprint density at radius 1 is 1.12 bits per heavy atom. The average molecular weight is 233 g/mol. The van der Waals surface area contributed by atoms with Crippen molar-refractivity contribution in [1.29, 1.82) is 0 Å². The van der Waals surface area contributed by atoms with Crippen LogP contribution in [0.1, 0.15) is 20.3 Å². The maximum Gasteiger partial charge on any atom is 0.176 e. The molecule has 3 nitrogen and oxygen atoms in total. The fraction of sp³-hybridized carbons (Fsp3) is 1.00. The van der Waals surface area contributed by atoms with Gasteiger partial charge >= 0.3 is 0 Å². The van der Waals surface area contributed by atoms with Gasteiger partial charge in [0.1, 0.15) is 0 Å². The van der Waals surface area contributed by atoms with Crippen molar-refractivity contribution < 1.29 is 9.84 Å². The zero-order valence-corrected chi connectivity index (χ0v) is 10.3. The molecule has 17 heavy (non-hydrogen) atoms. The van der Waals surface area contributed by atoms with Crippen LogP contribution in [0.4, 0.5) is 0 Å². The van der Waals surface area contributed by atoms with E-state index in [2.05, 4.69) is 13.8 Å². The summed E-state index contributed by atoms with van der Waals surface area (Å²) in [4.78, 5) is 0. The van der Waals surface area contributed by atoms with Gasteiger partial charge in [-0.15, -0.1) is 0 Å². The molecular weight excluding hydrogens is 214 g/mol. The Kier molecular flexibility index (Phi) is 0.913. The third kappa shape index (κ3) is 0.396. The van der Waals surface area contributed by atoms with Crippen molar-refractivity contribution in [3.05, 3.63) is 0 Å². The fourth-order valence-corrected chi connectivity index (χ4v) is 8.79. The van der Waals surface area contributed by atoms with Gasteiger partial charge in [0, 0.05) is 29.2 Å². The molecule has 10 atom stereocenters. The number of aliphatic hydroxyl groups is 1. The molecule has 4 bridgehead atoms. The third-order valence-corrected chi connectivity index (χ3v) is 8.83. The molecule has 0 radical (unpaired) electrons. The molecule has 7 aliphatic rings. The molecule has 0 aromatic carbocycles. The van der Waals surface area contributed by atoms with Crippen LogP contribution in [0.25, 0.3) is 0 Å². The van der Waals surface area contributed by atoms with E-state index in [1.807, 2.05) is 0 Å². The van der Waals surface area contributed by atoms with Crippen LogP contribution in [0.5, 0.6) is 0 Å². The minimum atomic E-state index is -0.830. The van der Waals surface area contributed by atoms with Crippen LogP contribution in [0.15, 0.2) is 0 Å². The first-order valence-corrected chi connectivity index (χ1v) is 7.11. The van der Waals surface area contributed by atoms with Gasteiger partial charge in [0.05, 0.1) is 5.60 Å². The van der Waals surface area contributed by atoms with Crippen molar-refractivity contribution in [2.45, 2.75) is 31.7 Å². The lowest BCUT2D eigenvalue weighted by atomic mass is 9.38. The summed E-state index contributed by atoms with van der Waals surface area (Å²) in [5, 5.41) is 11.2. The molecule has 10 unspecified atom stereocenters. The highest BCUT2D eigenvalue weighted by molar-refractivity contribution is 5.49.